The number of rotatable bonds is 4. The second kappa shape index (κ2) is 9.21. The van der Waals surface area contributed by atoms with Crippen molar-refractivity contribution in [2.45, 2.75) is 96.6 Å². The van der Waals surface area contributed by atoms with Gasteiger partial charge in [-0.25, -0.2) is 4.79 Å². The Kier molecular flexibility index (Phi) is 7.10. The van der Waals surface area contributed by atoms with Gasteiger partial charge in [0, 0.05) is 38.6 Å². The molecule has 0 radical (unpaired) electrons. The Hall–Kier alpha value is -1.34. The molecular formula is C22H39N3O4. The highest BCUT2D eigenvalue weighted by molar-refractivity contribution is 5.86. The number of ether oxygens (including phenoxy) is 2. The Morgan fingerprint density at radius 2 is 1.72 bits per heavy atom. The van der Waals surface area contributed by atoms with Gasteiger partial charge in [-0.1, -0.05) is 6.42 Å². The molecule has 2 aliphatic heterocycles. The van der Waals surface area contributed by atoms with E-state index in [4.69, 9.17) is 9.47 Å². The summed E-state index contributed by atoms with van der Waals surface area (Å²) in [6, 6.07) is 0.211. The summed E-state index contributed by atoms with van der Waals surface area (Å²) in [4.78, 5) is 32.3. The van der Waals surface area contributed by atoms with Gasteiger partial charge >= 0.3 is 6.09 Å². The lowest BCUT2D eigenvalue weighted by Crippen LogP contribution is -2.50. The smallest absolute Gasteiger partial charge is 0.411 e. The van der Waals surface area contributed by atoms with Crippen molar-refractivity contribution in [3.05, 3.63) is 0 Å². The topological polar surface area (TPSA) is 62.3 Å². The zero-order chi connectivity index (χ0) is 21.2. The van der Waals surface area contributed by atoms with E-state index >= 15 is 0 Å². The first-order valence-corrected chi connectivity index (χ1v) is 11.3. The third-order valence-electron chi connectivity index (χ3n) is 6.07. The second-order valence-corrected chi connectivity index (χ2v) is 9.99. The Labute approximate surface area is 175 Å². The Morgan fingerprint density at radius 3 is 2.31 bits per heavy atom. The van der Waals surface area contributed by atoms with Crippen molar-refractivity contribution in [1.29, 1.82) is 0 Å². The number of nitrogens with zero attached hydrogens (tertiary/aromatic N) is 3. The molecule has 166 valence electrons. The summed E-state index contributed by atoms with van der Waals surface area (Å²) in [5.41, 5.74) is -0.590. The van der Waals surface area contributed by atoms with Crippen molar-refractivity contribution in [2.24, 2.45) is 0 Å². The van der Waals surface area contributed by atoms with Crippen LogP contribution in [0.2, 0.25) is 0 Å². The van der Waals surface area contributed by atoms with Crippen LogP contribution in [0.5, 0.6) is 0 Å². The zero-order valence-corrected chi connectivity index (χ0v) is 18.9. The zero-order valence-electron chi connectivity index (χ0n) is 18.9. The molecule has 7 nitrogen and oxygen atoms in total. The molecule has 0 aromatic carbocycles. The number of hydrogen-bond donors (Lipinski definition) is 0. The van der Waals surface area contributed by atoms with Crippen molar-refractivity contribution < 1.29 is 19.1 Å². The molecule has 1 saturated carbocycles. The van der Waals surface area contributed by atoms with E-state index in [0.29, 0.717) is 19.0 Å². The highest BCUT2D eigenvalue weighted by atomic mass is 16.6. The lowest BCUT2D eigenvalue weighted by Gasteiger charge is -2.37. The lowest BCUT2D eigenvalue weighted by atomic mass is 9.91. The van der Waals surface area contributed by atoms with Crippen molar-refractivity contribution in [3.63, 3.8) is 0 Å². The first kappa shape index (κ1) is 22.3. The fourth-order valence-corrected chi connectivity index (χ4v) is 4.52. The molecule has 0 N–H and O–H groups in total. The fraction of sp³-hybridized carbons (Fsp3) is 0.909. The van der Waals surface area contributed by atoms with Crippen molar-refractivity contribution in [1.82, 2.24) is 14.7 Å². The van der Waals surface area contributed by atoms with Crippen LogP contribution in [0.15, 0.2) is 0 Å². The maximum atomic E-state index is 13.4. The number of carbonyl (C=O) groups excluding carboxylic acids is 2. The molecule has 2 unspecified atom stereocenters. The third kappa shape index (κ3) is 5.85. The average Bonchev–Trinajstić information content (AvgIpc) is 2.82. The van der Waals surface area contributed by atoms with Crippen LogP contribution in [0, 0.1) is 0 Å². The van der Waals surface area contributed by atoms with Gasteiger partial charge in [0.05, 0.1) is 18.8 Å². The summed E-state index contributed by atoms with van der Waals surface area (Å²) >= 11 is 0. The van der Waals surface area contributed by atoms with Crippen LogP contribution < -0.4 is 0 Å². The Morgan fingerprint density at radius 1 is 1.00 bits per heavy atom. The van der Waals surface area contributed by atoms with Crippen LogP contribution in [0.1, 0.15) is 66.7 Å². The number of carbonyl (C=O) groups is 2. The average molecular weight is 410 g/mol. The molecule has 0 spiro atoms. The first-order chi connectivity index (χ1) is 13.6. The van der Waals surface area contributed by atoms with Crippen LogP contribution in [-0.2, 0) is 14.3 Å². The minimum atomic E-state index is -0.590. The first-order valence-electron chi connectivity index (χ1n) is 11.3. The molecule has 29 heavy (non-hydrogen) atoms. The van der Waals surface area contributed by atoms with Crippen LogP contribution in [-0.4, -0.2) is 89.3 Å². The molecule has 7 heteroatoms. The van der Waals surface area contributed by atoms with E-state index in [1.165, 1.54) is 19.3 Å². The molecule has 2 saturated heterocycles. The fourth-order valence-electron chi connectivity index (χ4n) is 4.52. The Balaban J connectivity index is 1.66. The number of hydrogen-bond acceptors (Lipinski definition) is 5. The van der Waals surface area contributed by atoms with E-state index in [-0.39, 0.29) is 18.1 Å². The van der Waals surface area contributed by atoms with Gasteiger partial charge in [0.25, 0.3) is 0 Å². The molecule has 2 heterocycles. The van der Waals surface area contributed by atoms with E-state index < -0.39 is 17.7 Å². The van der Waals surface area contributed by atoms with Crippen LogP contribution >= 0.6 is 0 Å². The summed E-state index contributed by atoms with van der Waals surface area (Å²) in [6.07, 6.45) is 4.95. The molecular weight excluding hydrogens is 370 g/mol. The number of likely N-dealkylation sites (tertiary alicyclic amines) is 1. The largest absolute Gasteiger partial charge is 0.444 e. The minimum absolute atomic E-state index is 0.0428. The summed E-state index contributed by atoms with van der Waals surface area (Å²) in [5.74, 6) is 0.0428. The third-order valence-corrected chi connectivity index (χ3v) is 6.07. The van der Waals surface area contributed by atoms with Gasteiger partial charge in [-0.15, -0.1) is 0 Å². The SMILES string of the molecule is CC(C)OC1CC(C(=O)N2CCCN(C3CCC3)CC2)N(C(=O)OC(C)(C)C)C1. The van der Waals surface area contributed by atoms with Crippen molar-refractivity contribution in [3.8, 4) is 0 Å². The highest BCUT2D eigenvalue weighted by Crippen LogP contribution is 2.28. The molecule has 0 aromatic heterocycles. The van der Waals surface area contributed by atoms with E-state index in [0.717, 1.165) is 32.6 Å². The highest BCUT2D eigenvalue weighted by Gasteiger charge is 2.44. The van der Waals surface area contributed by atoms with E-state index in [1.54, 1.807) is 4.90 Å². The monoisotopic (exact) mass is 409 g/mol. The molecule has 2 atom stereocenters. The van der Waals surface area contributed by atoms with Crippen LogP contribution in [0.3, 0.4) is 0 Å². The second-order valence-electron chi connectivity index (χ2n) is 9.99. The molecule has 3 rings (SSSR count). The molecule has 0 aromatic rings. The van der Waals surface area contributed by atoms with Gasteiger partial charge in [-0.3, -0.25) is 14.6 Å². The predicted molar refractivity (Wildman–Crippen MR) is 112 cm³/mol. The van der Waals surface area contributed by atoms with Crippen LogP contribution in [0.4, 0.5) is 4.79 Å². The van der Waals surface area contributed by atoms with Gasteiger partial charge in [0.1, 0.15) is 11.6 Å². The van der Waals surface area contributed by atoms with Gasteiger partial charge in [0.2, 0.25) is 5.91 Å². The van der Waals surface area contributed by atoms with Crippen molar-refractivity contribution >= 4 is 12.0 Å². The maximum Gasteiger partial charge on any atom is 0.411 e. The lowest BCUT2D eigenvalue weighted by molar-refractivity contribution is -0.136. The normalized spacial score (nSPS) is 27.1. The summed E-state index contributed by atoms with van der Waals surface area (Å²) in [7, 11) is 0. The van der Waals surface area contributed by atoms with Gasteiger partial charge in [0.15, 0.2) is 0 Å². The molecule has 1 aliphatic carbocycles. The standard InChI is InChI=1S/C22H39N3O4/c1-16(2)28-18-14-19(25(15-18)21(27)29-22(3,4)5)20(26)24-11-7-10-23(12-13-24)17-8-6-9-17/h16-19H,6-15H2,1-5H3. The predicted octanol–water partition coefficient (Wildman–Crippen LogP) is 2.88. The van der Waals surface area contributed by atoms with Gasteiger partial charge < -0.3 is 14.4 Å². The molecule has 3 fully saturated rings. The van der Waals surface area contributed by atoms with E-state index in [9.17, 15) is 9.59 Å². The van der Waals surface area contributed by atoms with Gasteiger partial charge in [-0.2, -0.15) is 0 Å². The quantitative estimate of drug-likeness (QED) is 0.714. The molecule has 3 aliphatic rings. The minimum Gasteiger partial charge on any atom is -0.444 e. The van der Waals surface area contributed by atoms with Gasteiger partial charge in [-0.05, 0) is 53.9 Å². The van der Waals surface area contributed by atoms with Crippen LogP contribution in [0.25, 0.3) is 0 Å². The van der Waals surface area contributed by atoms with E-state index in [1.807, 2.05) is 39.5 Å². The molecule has 0 bridgehead atoms. The maximum absolute atomic E-state index is 13.4. The van der Waals surface area contributed by atoms with Crippen molar-refractivity contribution in [2.75, 3.05) is 32.7 Å². The summed E-state index contributed by atoms with van der Waals surface area (Å²) < 4.78 is 11.5. The summed E-state index contributed by atoms with van der Waals surface area (Å²) in [6.45, 7) is 13.4. The number of amides is 2. The summed E-state index contributed by atoms with van der Waals surface area (Å²) in [5, 5.41) is 0. The molecule has 2 amide bonds. The Bertz CT molecular complexity index is 585. The van der Waals surface area contributed by atoms with E-state index in [2.05, 4.69) is 4.90 Å².